The largest absolute Gasteiger partial charge is 0.481 e. The van der Waals surface area contributed by atoms with Crippen molar-refractivity contribution in [3.63, 3.8) is 0 Å². The summed E-state index contributed by atoms with van der Waals surface area (Å²) in [7, 11) is 0. The van der Waals surface area contributed by atoms with Gasteiger partial charge in [0.25, 0.3) is 5.91 Å². The van der Waals surface area contributed by atoms with Crippen molar-refractivity contribution < 1.29 is 14.7 Å². The first-order valence-corrected chi connectivity index (χ1v) is 8.24. The molecule has 0 fully saturated rings. The van der Waals surface area contributed by atoms with Crippen LogP contribution < -0.4 is 0 Å². The highest BCUT2D eigenvalue weighted by atomic mass is 16.4. The molecule has 0 saturated heterocycles. The summed E-state index contributed by atoms with van der Waals surface area (Å²) < 4.78 is 0. The first-order chi connectivity index (χ1) is 10.6. The van der Waals surface area contributed by atoms with Crippen LogP contribution in [0.2, 0.25) is 0 Å². The van der Waals surface area contributed by atoms with Crippen LogP contribution in [-0.4, -0.2) is 34.5 Å². The van der Waals surface area contributed by atoms with Crippen molar-refractivity contribution in [2.24, 2.45) is 0 Å². The lowest BCUT2D eigenvalue weighted by atomic mass is 9.81. The normalized spacial score (nSPS) is 20.8. The van der Waals surface area contributed by atoms with Crippen molar-refractivity contribution in [3.8, 4) is 0 Å². The van der Waals surface area contributed by atoms with E-state index in [0.717, 1.165) is 25.7 Å². The number of carbonyl (C=O) groups excluding carboxylic acids is 1. The number of unbranched alkanes of at least 4 members (excludes halogenated alkanes) is 3. The van der Waals surface area contributed by atoms with Crippen molar-refractivity contribution in [2.75, 3.05) is 6.54 Å². The van der Waals surface area contributed by atoms with Crippen LogP contribution in [0.1, 0.15) is 67.8 Å². The van der Waals surface area contributed by atoms with Crippen LogP contribution in [0.4, 0.5) is 0 Å². The van der Waals surface area contributed by atoms with Crippen molar-refractivity contribution in [2.45, 2.75) is 57.9 Å². The molecule has 1 amide bonds. The van der Waals surface area contributed by atoms with Gasteiger partial charge in [-0.25, -0.2) is 0 Å². The van der Waals surface area contributed by atoms with E-state index in [-0.39, 0.29) is 11.9 Å². The standard InChI is InChI=1S/C18H25NO3/c1-3-5-6-9-12-19-15(4-2)16(18(21)22)13-10-7-8-11-14(13)17(19)20/h7-8,10-11,15-16H,3-6,9,12H2,1-2H3,(H,21,22). The Morgan fingerprint density at radius 1 is 1.18 bits per heavy atom. The summed E-state index contributed by atoms with van der Waals surface area (Å²) in [5.41, 5.74) is 1.21. The molecule has 0 spiro atoms. The second kappa shape index (κ2) is 7.43. The molecule has 2 unspecified atom stereocenters. The summed E-state index contributed by atoms with van der Waals surface area (Å²) in [4.78, 5) is 26.3. The molecule has 120 valence electrons. The maximum atomic E-state index is 12.8. The average molecular weight is 303 g/mol. The third kappa shape index (κ3) is 3.16. The Kier molecular flexibility index (Phi) is 5.58. The number of carboxylic acids is 1. The minimum Gasteiger partial charge on any atom is -0.481 e. The minimum atomic E-state index is -0.842. The van der Waals surface area contributed by atoms with Gasteiger partial charge in [0, 0.05) is 18.2 Å². The molecule has 1 aliphatic heterocycles. The van der Waals surface area contributed by atoms with E-state index < -0.39 is 11.9 Å². The van der Waals surface area contributed by atoms with Gasteiger partial charge in [0.2, 0.25) is 0 Å². The molecule has 4 heteroatoms. The number of hydrogen-bond acceptors (Lipinski definition) is 2. The zero-order chi connectivity index (χ0) is 16.1. The van der Waals surface area contributed by atoms with Gasteiger partial charge in [-0.1, -0.05) is 51.3 Å². The monoisotopic (exact) mass is 303 g/mol. The summed E-state index contributed by atoms with van der Waals surface area (Å²) in [5, 5.41) is 9.66. The van der Waals surface area contributed by atoms with E-state index in [1.807, 2.05) is 13.0 Å². The Balaban J connectivity index is 2.30. The molecule has 1 aliphatic rings. The van der Waals surface area contributed by atoms with Crippen LogP contribution >= 0.6 is 0 Å². The zero-order valence-electron chi connectivity index (χ0n) is 13.4. The number of amides is 1. The third-order valence-electron chi connectivity index (χ3n) is 4.51. The molecule has 2 atom stereocenters. The van der Waals surface area contributed by atoms with Crippen LogP contribution in [0.5, 0.6) is 0 Å². The SMILES string of the molecule is CCCCCCN1C(=O)c2ccccc2C(C(=O)O)C1CC. The number of hydrogen-bond donors (Lipinski definition) is 1. The molecule has 1 aromatic carbocycles. The van der Waals surface area contributed by atoms with Crippen LogP contribution in [0, 0.1) is 0 Å². The Bertz CT molecular complexity index is 541. The lowest BCUT2D eigenvalue weighted by Gasteiger charge is -2.40. The molecule has 22 heavy (non-hydrogen) atoms. The highest BCUT2D eigenvalue weighted by Gasteiger charge is 2.41. The molecule has 1 aromatic rings. The van der Waals surface area contributed by atoms with Gasteiger partial charge in [0.1, 0.15) is 5.92 Å². The predicted molar refractivity (Wildman–Crippen MR) is 86.1 cm³/mol. The highest BCUT2D eigenvalue weighted by molar-refractivity contribution is 6.00. The molecule has 1 N–H and O–H groups in total. The molecular formula is C18H25NO3. The number of carboxylic acid groups (broad SMARTS) is 1. The fourth-order valence-electron chi connectivity index (χ4n) is 3.39. The maximum absolute atomic E-state index is 12.8. The van der Waals surface area contributed by atoms with Gasteiger partial charge in [0.05, 0.1) is 0 Å². The number of aliphatic carboxylic acids is 1. The summed E-state index contributed by atoms with van der Waals surface area (Å²) in [6, 6.07) is 6.89. The van der Waals surface area contributed by atoms with Crippen LogP contribution in [-0.2, 0) is 4.79 Å². The lowest BCUT2D eigenvalue weighted by Crippen LogP contribution is -2.50. The number of carbonyl (C=O) groups is 2. The molecule has 0 aromatic heterocycles. The fourth-order valence-corrected chi connectivity index (χ4v) is 3.39. The zero-order valence-corrected chi connectivity index (χ0v) is 13.4. The molecule has 0 saturated carbocycles. The van der Waals surface area contributed by atoms with E-state index >= 15 is 0 Å². The second-order valence-corrected chi connectivity index (χ2v) is 5.94. The summed E-state index contributed by atoms with van der Waals surface area (Å²) in [6.07, 6.45) is 4.97. The Labute approximate surface area is 132 Å². The molecule has 2 rings (SSSR count). The smallest absolute Gasteiger partial charge is 0.313 e. The summed E-state index contributed by atoms with van der Waals surface area (Å²) in [6.45, 7) is 4.76. The fraction of sp³-hybridized carbons (Fsp3) is 0.556. The molecule has 0 radical (unpaired) electrons. The third-order valence-corrected chi connectivity index (χ3v) is 4.51. The van der Waals surface area contributed by atoms with E-state index in [4.69, 9.17) is 0 Å². The number of nitrogens with zero attached hydrogens (tertiary/aromatic N) is 1. The summed E-state index contributed by atoms with van der Waals surface area (Å²) in [5.74, 6) is -1.48. The van der Waals surface area contributed by atoms with E-state index in [2.05, 4.69) is 6.92 Å². The van der Waals surface area contributed by atoms with Gasteiger partial charge in [-0.05, 0) is 24.5 Å². The molecule has 4 nitrogen and oxygen atoms in total. The average Bonchev–Trinajstić information content (AvgIpc) is 2.52. The van der Waals surface area contributed by atoms with E-state index in [0.29, 0.717) is 24.1 Å². The predicted octanol–water partition coefficient (Wildman–Crippen LogP) is 3.67. The van der Waals surface area contributed by atoms with Crippen LogP contribution in [0.15, 0.2) is 24.3 Å². The Morgan fingerprint density at radius 3 is 2.55 bits per heavy atom. The van der Waals surface area contributed by atoms with Gasteiger partial charge in [-0.15, -0.1) is 0 Å². The van der Waals surface area contributed by atoms with Crippen LogP contribution in [0.3, 0.4) is 0 Å². The topological polar surface area (TPSA) is 57.6 Å². The van der Waals surface area contributed by atoms with E-state index in [1.165, 1.54) is 0 Å². The van der Waals surface area contributed by atoms with Crippen molar-refractivity contribution >= 4 is 11.9 Å². The highest BCUT2D eigenvalue weighted by Crippen LogP contribution is 2.35. The molecular weight excluding hydrogens is 278 g/mol. The number of rotatable bonds is 7. The van der Waals surface area contributed by atoms with Crippen molar-refractivity contribution in [1.82, 2.24) is 4.90 Å². The maximum Gasteiger partial charge on any atom is 0.313 e. The van der Waals surface area contributed by atoms with Gasteiger partial charge in [0.15, 0.2) is 0 Å². The molecule has 0 aliphatic carbocycles. The van der Waals surface area contributed by atoms with E-state index in [9.17, 15) is 14.7 Å². The van der Waals surface area contributed by atoms with Gasteiger partial charge in [-0.2, -0.15) is 0 Å². The molecule has 0 bridgehead atoms. The summed E-state index contributed by atoms with van der Waals surface area (Å²) >= 11 is 0. The number of benzene rings is 1. The Hall–Kier alpha value is -1.84. The second-order valence-electron chi connectivity index (χ2n) is 5.94. The number of fused-ring (bicyclic) bond motifs is 1. The van der Waals surface area contributed by atoms with Gasteiger partial charge >= 0.3 is 5.97 Å². The van der Waals surface area contributed by atoms with Gasteiger partial charge < -0.3 is 10.0 Å². The first kappa shape index (κ1) is 16.5. The Morgan fingerprint density at radius 2 is 1.91 bits per heavy atom. The minimum absolute atomic E-state index is 0.0172. The van der Waals surface area contributed by atoms with Crippen molar-refractivity contribution in [1.29, 1.82) is 0 Å². The van der Waals surface area contributed by atoms with Crippen LogP contribution in [0.25, 0.3) is 0 Å². The van der Waals surface area contributed by atoms with Crippen molar-refractivity contribution in [3.05, 3.63) is 35.4 Å². The van der Waals surface area contributed by atoms with E-state index in [1.54, 1.807) is 23.1 Å². The first-order valence-electron chi connectivity index (χ1n) is 8.24. The quantitative estimate of drug-likeness (QED) is 0.782. The molecule has 1 heterocycles. The lowest BCUT2D eigenvalue weighted by molar-refractivity contribution is -0.140. The van der Waals surface area contributed by atoms with Gasteiger partial charge in [-0.3, -0.25) is 9.59 Å².